The van der Waals surface area contributed by atoms with E-state index in [-0.39, 0.29) is 17.7 Å². The number of carbonyl (C=O) groups is 2. The van der Waals surface area contributed by atoms with E-state index in [2.05, 4.69) is 20.4 Å². The Bertz CT molecular complexity index is 984. The van der Waals surface area contributed by atoms with Gasteiger partial charge in [-0.3, -0.25) is 14.6 Å². The minimum Gasteiger partial charge on any atom is -0.355 e. The first-order valence-electron chi connectivity index (χ1n) is 8.89. The van der Waals surface area contributed by atoms with Crippen LogP contribution in [-0.2, 0) is 11.2 Å². The Balaban J connectivity index is 1.53. The smallest absolute Gasteiger partial charge is 0.256 e. The molecule has 1 fully saturated rings. The van der Waals surface area contributed by atoms with Gasteiger partial charge < -0.3 is 10.2 Å². The molecule has 0 aliphatic carbocycles. The van der Waals surface area contributed by atoms with Gasteiger partial charge in [0.05, 0.1) is 18.3 Å². The van der Waals surface area contributed by atoms with Crippen LogP contribution < -0.4 is 5.32 Å². The maximum atomic E-state index is 12.6. The molecule has 0 spiro atoms. The predicted octanol–water partition coefficient (Wildman–Crippen LogP) is 1.04. The minimum atomic E-state index is -0.215. The Hall–Kier alpha value is -3.29. The summed E-state index contributed by atoms with van der Waals surface area (Å²) in [6.07, 6.45) is 6.08. The lowest BCUT2D eigenvalue weighted by Crippen LogP contribution is -2.30. The quantitative estimate of drug-likeness (QED) is 0.747. The van der Waals surface area contributed by atoms with Gasteiger partial charge in [-0.15, -0.1) is 0 Å². The van der Waals surface area contributed by atoms with Crippen LogP contribution in [0, 0.1) is 0 Å². The third kappa shape index (κ3) is 3.25. The third-order valence-corrected chi connectivity index (χ3v) is 4.92. The molecule has 2 amide bonds. The summed E-state index contributed by atoms with van der Waals surface area (Å²) in [6, 6.07) is 7.50. The van der Waals surface area contributed by atoms with Crippen LogP contribution in [0.3, 0.4) is 0 Å². The van der Waals surface area contributed by atoms with Crippen molar-refractivity contribution >= 4 is 17.5 Å². The highest BCUT2D eigenvalue weighted by molar-refractivity contribution is 5.99. The largest absolute Gasteiger partial charge is 0.355 e. The van der Waals surface area contributed by atoms with Crippen molar-refractivity contribution in [3.8, 4) is 0 Å². The number of amides is 2. The minimum absolute atomic E-state index is 0.0769. The van der Waals surface area contributed by atoms with Gasteiger partial charge in [-0.2, -0.15) is 5.10 Å². The van der Waals surface area contributed by atoms with Crippen molar-refractivity contribution in [2.45, 2.75) is 18.8 Å². The average molecular weight is 364 g/mol. The van der Waals surface area contributed by atoms with E-state index >= 15 is 0 Å². The molecule has 8 heteroatoms. The summed E-state index contributed by atoms with van der Waals surface area (Å²) >= 11 is 0. The van der Waals surface area contributed by atoms with E-state index in [1.807, 2.05) is 29.2 Å². The first-order valence-corrected chi connectivity index (χ1v) is 8.89. The van der Waals surface area contributed by atoms with Gasteiger partial charge in [0, 0.05) is 44.1 Å². The summed E-state index contributed by atoms with van der Waals surface area (Å²) in [7, 11) is 1.58. The van der Waals surface area contributed by atoms with Crippen LogP contribution in [0.25, 0.3) is 5.65 Å². The number of fused-ring (bicyclic) bond motifs is 1. The molecule has 1 aliphatic heterocycles. The number of likely N-dealkylation sites (tertiary alicyclic amines) is 1. The van der Waals surface area contributed by atoms with Crippen molar-refractivity contribution in [3.05, 3.63) is 59.8 Å². The fourth-order valence-electron chi connectivity index (χ4n) is 3.51. The van der Waals surface area contributed by atoms with Gasteiger partial charge in [0.25, 0.3) is 5.91 Å². The number of hydrogen-bond donors (Lipinski definition) is 1. The lowest BCUT2D eigenvalue weighted by atomic mass is 10.0. The van der Waals surface area contributed by atoms with Gasteiger partial charge in [-0.25, -0.2) is 9.50 Å². The average Bonchev–Trinajstić information content (AvgIpc) is 3.35. The first-order chi connectivity index (χ1) is 13.2. The molecule has 1 aliphatic rings. The summed E-state index contributed by atoms with van der Waals surface area (Å²) in [5.41, 5.74) is 2.72. The number of aromatic nitrogens is 4. The van der Waals surface area contributed by atoms with E-state index in [9.17, 15) is 9.59 Å². The summed E-state index contributed by atoms with van der Waals surface area (Å²) in [6.45, 7) is 1.32. The van der Waals surface area contributed by atoms with Crippen LogP contribution in [0.2, 0.25) is 0 Å². The van der Waals surface area contributed by atoms with E-state index in [0.717, 1.165) is 17.8 Å². The molecule has 27 heavy (non-hydrogen) atoms. The lowest BCUT2D eigenvalue weighted by Gasteiger charge is -2.17. The van der Waals surface area contributed by atoms with Crippen LogP contribution in [0.1, 0.15) is 34.1 Å². The second kappa shape index (κ2) is 7.14. The second-order valence-corrected chi connectivity index (χ2v) is 6.57. The molecule has 8 nitrogen and oxygen atoms in total. The van der Waals surface area contributed by atoms with Crippen molar-refractivity contribution in [3.63, 3.8) is 0 Å². The van der Waals surface area contributed by atoms with E-state index in [0.29, 0.717) is 30.7 Å². The van der Waals surface area contributed by atoms with Crippen LogP contribution in [0.5, 0.6) is 0 Å². The predicted molar refractivity (Wildman–Crippen MR) is 98.3 cm³/mol. The van der Waals surface area contributed by atoms with Gasteiger partial charge in [0.15, 0.2) is 5.65 Å². The Kier molecular flexibility index (Phi) is 4.53. The number of hydrogen-bond acceptors (Lipinski definition) is 5. The third-order valence-electron chi connectivity index (χ3n) is 4.92. The number of rotatable bonds is 4. The zero-order valence-electron chi connectivity index (χ0n) is 15.0. The molecule has 4 heterocycles. The molecular weight excluding hydrogens is 344 g/mol. The van der Waals surface area contributed by atoms with Crippen LogP contribution >= 0.6 is 0 Å². The highest BCUT2D eigenvalue weighted by Gasteiger charge is 2.29. The molecule has 138 valence electrons. The van der Waals surface area contributed by atoms with Gasteiger partial charge in [0.2, 0.25) is 5.91 Å². The molecule has 0 unspecified atom stereocenters. The Morgan fingerprint density at radius 1 is 1.22 bits per heavy atom. The Morgan fingerprint density at radius 2 is 2.11 bits per heavy atom. The Labute approximate surface area is 156 Å². The molecule has 1 atom stereocenters. The topological polar surface area (TPSA) is 92.5 Å². The van der Waals surface area contributed by atoms with Crippen LogP contribution in [-0.4, -0.2) is 56.4 Å². The monoisotopic (exact) mass is 364 g/mol. The first kappa shape index (κ1) is 17.1. The van der Waals surface area contributed by atoms with Gasteiger partial charge in [0.1, 0.15) is 5.56 Å². The van der Waals surface area contributed by atoms with Crippen LogP contribution in [0.4, 0.5) is 0 Å². The SMILES string of the molecule is CNC(=O)c1cnn2c([C@H]3CCN(C(=O)Cc4ccccn4)C3)ccnc12. The van der Waals surface area contributed by atoms with Gasteiger partial charge in [-0.05, 0) is 24.6 Å². The van der Waals surface area contributed by atoms with Crippen molar-refractivity contribution in [2.75, 3.05) is 20.1 Å². The number of carbonyl (C=O) groups excluding carboxylic acids is 2. The summed E-state index contributed by atoms with van der Waals surface area (Å²) in [5, 5.41) is 6.95. The molecule has 1 saturated heterocycles. The van der Waals surface area contributed by atoms with Crippen molar-refractivity contribution in [2.24, 2.45) is 0 Å². The fourth-order valence-corrected chi connectivity index (χ4v) is 3.51. The zero-order valence-corrected chi connectivity index (χ0v) is 15.0. The van der Waals surface area contributed by atoms with E-state index in [1.165, 1.54) is 6.20 Å². The molecule has 0 saturated carbocycles. The summed E-state index contributed by atoms with van der Waals surface area (Å²) in [5.74, 6) is 0.0156. The molecular formula is C19H20N6O2. The van der Waals surface area contributed by atoms with Crippen molar-refractivity contribution in [1.82, 2.24) is 29.8 Å². The molecule has 3 aromatic rings. The fraction of sp³-hybridized carbons (Fsp3) is 0.316. The summed E-state index contributed by atoms with van der Waals surface area (Å²) in [4.78, 5) is 35.0. The van der Waals surface area contributed by atoms with E-state index in [1.54, 1.807) is 24.0 Å². The number of nitrogens with zero attached hydrogens (tertiary/aromatic N) is 5. The number of nitrogens with one attached hydrogen (secondary N) is 1. The van der Waals surface area contributed by atoms with E-state index in [4.69, 9.17) is 0 Å². The normalized spacial score (nSPS) is 16.6. The van der Waals surface area contributed by atoms with Gasteiger partial charge >= 0.3 is 0 Å². The van der Waals surface area contributed by atoms with Gasteiger partial charge in [-0.1, -0.05) is 6.07 Å². The highest BCUT2D eigenvalue weighted by atomic mass is 16.2. The number of pyridine rings is 1. The zero-order chi connectivity index (χ0) is 18.8. The highest BCUT2D eigenvalue weighted by Crippen LogP contribution is 2.28. The molecule has 0 bridgehead atoms. The van der Waals surface area contributed by atoms with Crippen molar-refractivity contribution < 1.29 is 9.59 Å². The molecule has 0 aromatic carbocycles. The maximum Gasteiger partial charge on any atom is 0.256 e. The van der Waals surface area contributed by atoms with Crippen LogP contribution in [0.15, 0.2) is 42.9 Å². The summed E-state index contributed by atoms with van der Waals surface area (Å²) < 4.78 is 1.71. The molecule has 0 radical (unpaired) electrons. The Morgan fingerprint density at radius 3 is 2.89 bits per heavy atom. The standard InChI is InChI=1S/C19H20N6O2/c1-20-19(27)15-11-23-25-16(5-8-22-18(15)25)13-6-9-24(12-13)17(26)10-14-4-2-3-7-21-14/h2-5,7-8,11,13H,6,9-10,12H2,1H3,(H,20,27)/t13-/m0/s1. The molecule has 1 N–H and O–H groups in total. The van der Waals surface area contributed by atoms with E-state index < -0.39 is 0 Å². The van der Waals surface area contributed by atoms with Crippen molar-refractivity contribution in [1.29, 1.82) is 0 Å². The molecule has 4 rings (SSSR count). The lowest BCUT2D eigenvalue weighted by molar-refractivity contribution is -0.129. The maximum absolute atomic E-state index is 12.6. The molecule has 3 aromatic heterocycles. The second-order valence-electron chi connectivity index (χ2n) is 6.57.